The van der Waals surface area contributed by atoms with Crippen LogP contribution in [0.15, 0.2) is 22.7 Å². The number of halogens is 1. The lowest BCUT2D eigenvalue weighted by Crippen LogP contribution is -2.32. The summed E-state index contributed by atoms with van der Waals surface area (Å²) >= 11 is 3.64. The average molecular weight is 283 g/mol. The van der Waals surface area contributed by atoms with Crippen LogP contribution >= 0.6 is 15.9 Å². The molecule has 0 atom stereocenters. The molecule has 0 aromatic heterocycles. The summed E-state index contributed by atoms with van der Waals surface area (Å²) in [4.78, 5) is 2.46. The highest BCUT2D eigenvalue weighted by Crippen LogP contribution is 2.30. The summed E-state index contributed by atoms with van der Waals surface area (Å²) < 4.78 is 1.17. The first-order valence-corrected chi connectivity index (χ1v) is 6.73. The molecular formula is C13H19BrN2. The monoisotopic (exact) mass is 282 g/mol. The second-order valence-corrected chi connectivity index (χ2v) is 5.51. The summed E-state index contributed by atoms with van der Waals surface area (Å²) in [6, 6.07) is 6.44. The van der Waals surface area contributed by atoms with Crippen molar-refractivity contribution in [1.29, 1.82) is 0 Å². The van der Waals surface area contributed by atoms with Crippen molar-refractivity contribution in [2.75, 3.05) is 18.0 Å². The predicted octanol–water partition coefficient (Wildman–Crippen LogP) is 3.14. The number of anilines is 1. The van der Waals surface area contributed by atoms with Gasteiger partial charge in [-0.05, 0) is 52.4 Å². The largest absolute Gasteiger partial charge is 0.371 e. The summed E-state index contributed by atoms with van der Waals surface area (Å²) in [6.45, 7) is 5.28. The normalized spacial score (nSPS) is 17.8. The SMILES string of the molecule is CC1CCN(c2ccc(CN)cc2Br)CC1. The van der Waals surface area contributed by atoms with Crippen molar-refractivity contribution < 1.29 is 0 Å². The highest BCUT2D eigenvalue weighted by atomic mass is 79.9. The molecular weight excluding hydrogens is 264 g/mol. The molecule has 0 unspecified atom stereocenters. The molecule has 2 nitrogen and oxygen atoms in total. The maximum absolute atomic E-state index is 5.63. The standard InChI is InChI=1S/C13H19BrN2/c1-10-4-6-16(7-5-10)13-3-2-11(9-15)8-12(13)14/h2-3,8,10H,4-7,9,15H2,1H3. The van der Waals surface area contributed by atoms with Crippen LogP contribution in [0.5, 0.6) is 0 Å². The second-order valence-electron chi connectivity index (χ2n) is 4.66. The van der Waals surface area contributed by atoms with E-state index in [0.29, 0.717) is 6.54 Å². The third-order valence-corrected chi connectivity index (χ3v) is 4.01. The van der Waals surface area contributed by atoms with Crippen LogP contribution in [0.1, 0.15) is 25.3 Å². The van der Waals surface area contributed by atoms with E-state index in [1.165, 1.54) is 41.7 Å². The molecule has 0 aliphatic carbocycles. The Morgan fingerprint density at radius 3 is 2.62 bits per heavy atom. The van der Waals surface area contributed by atoms with Gasteiger partial charge in [-0.2, -0.15) is 0 Å². The summed E-state index contributed by atoms with van der Waals surface area (Å²) in [7, 11) is 0. The van der Waals surface area contributed by atoms with Crippen LogP contribution in [-0.4, -0.2) is 13.1 Å². The summed E-state index contributed by atoms with van der Waals surface area (Å²) in [6.07, 6.45) is 2.59. The van der Waals surface area contributed by atoms with Gasteiger partial charge in [-0.25, -0.2) is 0 Å². The van der Waals surface area contributed by atoms with Gasteiger partial charge in [0.15, 0.2) is 0 Å². The summed E-state index contributed by atoms with van der Waals surface area (Å²) in [5.74, 6) is 0.873. The molecule has 1 heterocycles. The Morgan fingerprint density at radius 1 is 1.38 bits per heavy atom. The van der Waals surface area contributed by atoms with Gasteiger partial charge >= 0.3 is 0 Å². The van der Waals surface area contributed by atoms with E-state index in [2.05, 4.69) is 46.0 Å². The summed E-state index contributed by atoms with van der Waals surface area (Å²) in [5, 5.41) is 0. The van der Waals surface area contributed by atoms with Gasteiger partial charge in [0.2, 0.25) is 0 Å². The first-order valence-electron chi connectivity index (χ1n) is 5.94. The fourth-order valence-electron chi connectivity index (χ4n) is 2.18. The number of nitrogens with zero attached hydrogens (tertiary/aromatic N) is 1. The third kappa shape index (κ3) is 2.58. The van der Waals surface area contributed by atoms with Gasteiger partial charge in [0, 0.05) is 24.1 Å². The van der Waals surface area contributed by atoms with Gasteiger partial charge in [-0.1, -0.05) is 13.0 Å². The van der Waals surface area contributed by atoms with Crippen molar-refractivity contribution in [3.05, 3.63) is 28.2 Å². The molecule has 2 N–H and O–H groups in total. The molecule has 3 heteroatoms. The van der Waals surface area contributed by atoms with Gasteiger partial charge in [-0.3, -0.25) is 0 Å². The van der Waals surface area contributed by atoms with E-state index in [1.54, 1.807) is 0 Å². The number of hydrogen-bond donors (Lipinski definition) is 1. The number of hydrogen-bond acceptors (Lipinski definition) is 2. The molecule has 1 aliphatic rings. The van der Waals surface area contributed by atoms with Gasteiger partial charge in [0.05, 0.1) is 5.69 Å². The highest BCUT2D eigenvalue weighted by molar-refractivity contribution is 9.10. The Morgan fingerprint density at radius 2 is 2.06 bits per heavy atom. The number of piperidine rings is 1. The molecule has 16 heavy (non-hydrogen) atoms. The second kappa shape index (κ2) is 5.19. The molecule has 0 spiro atoms. The van der Waals surface area contributed by atoms with E-state index in [1.807, 2.05) is 0 Å². The van der Waals surface area contributed by atoms with Crippen LogP contribution in [0.4, 0.5) is 5.69 Å². The Labute approximate surface area is 106 Å². The maximum atomic E-state index is 5.63. The molecule has 0 radical (unpaired) electrons. The highest BCUT2D eigenvalue weighted by Gasteiger charge is 2.17. The molecule has 0 amide bonds. The topological polar surface area (TPSA) is 29.3 Å². The number of nitrogens with two attached hydrogens (primary N) is 1. The van der Waals surface area contributed by atoms with Gasteiger partial charge in [0.25, 0.3) is 0 Å². The van der Waals surface area contributed by atoms with E-state index in [0.717, 1.165) is 5.92 Å². The minimum atomic E-state index is 0.607. The fourth-order valence-corrected chi connectivity index (χ4v) is 2.86. The maximum Gasteiger partial charge on any atom is 0.0510 e. The van der Waals surface area contributed by atoms with Crippen molar-refractivity contribution in [2.24, 2.45) is 11.7 Å². The Bertz CT molecular complexity index is 357. The zero-order chi connectivity index (χ0) is 11.5. The molecule has 1 fully saturated rings. The van der Waals surface area contributed by atoms with Crippen LogP contribution in [0.2, 0.25) is 0 Å². The zero-order valence-electron chi connectivity index (χ0n) is 9.75. The molecule has 1 aliphatic heterocycles. The van der Waals surface area contributed by atoms with E-state index >= 15 is 0 Å². The van der Waals surface area contributed by atoms with Crippen LogP contribution in [-0.2, 0) is 6.54 Å². The average Bonchev–Trinajstić information content (AvgIpc) is 2.30. The quantitative estimate of drug-likeness (QED) is 0.903. The van der Waals surface area contributed by atoms with Crippen LogP contribution in [0.25, 0.3) is 0 Å². The minimum absolute atomic E-state index is 0.607. The Balaban J connectivity index is 2.14. The van der Waals surface area contributed by atoms with E-state index in [9.17, 15) is 0 Å². The zero-order valence-corrected chi connectivity index (χ0v) is 11.3. The molecule has 2 rings (SSSR count). The molecule has 88 valence electrons. The molecule has 1 aromatic rings. The molecule has 1 saturated heterocycles. The first kappa shape index (κ1) is 11.9. The van der Waals surface area contributed by atoms with Gasteiger partial charge < -0.3 is 10.6 Å². The van der Waals surface area contributed by atoms with Crippen molar-refractivity contribution in [3.63, 3.8) is 0 Å². The fraction of sp³-hybridized carbons (Fsp3) is 0.538. The number of rotatable bonds is 2. The lowest BCUT2D eigenvalue weighted by molar-refractivity contribution is 0.438. The van der Waals surface area contributed by atoms with Gasteiger partial charge in [0.1, 0.15) is 0 Å². The van der Waals surface area contributed by atoms with Crippen molar-refractivity contribution >= 4 is 21.6 Å². The third-order valence-electron chi connectivity index (χ3n) is 3.37. The Hall–Kier alpha value is -0.540. The van der Waals surface area contributed by atoms with E-state index in [4.69, 9.17) is 5.73 Å². The number of benzene rings is 1. The minimum Gasteiger partial charge on any atom is -0.371 e. The molecule has 0 saturated carbocycles. The van der Waals surface area contributed by atoms with E-state index in [-0.39, 0.29) is 0 Å². The van der Waals surface area contributed by atoms with Crippen LogP contribution in [0, 0.1) is 5.92 Å². The Kier molecular flexibility index (Phi) is 3.87. The smallest absolute Gasteiger partial charge is 0.0510 e. The predicted molar refractivity (Wildman–Crippen MR) is 72.6 cm³/mol. The molecule has 0 bridgehead atoms. The van der Waals surface area contributed by atoms with Crippen LogP contribution in [0.3, 0.4) is 0 Å². The first-order chi connectivity index (χ1) is 7.70. The van der Waals surface area contributed by atoms with Gasteiger partial charge in [-0.15, -0.1) is 0 Å². The van der Waals surface area contributed by atoms with Crippen molar-refractivity contribution in [2.45, 2.75) is 26.3 Å². The lowest BCUT2D eigenvalue weighted by Gasteiger charge is -2.32. The van der Waals surface area contributed by atoms with E-state index < -0.39 is 0 Å². The van der Waals surface area contributed by atoms with Crippen LogP contribution < -0.4 is 10.6 Å². The van der Waals surface area contributed by atoms with Crippen molar-refractivity contribution in [1.82, 2.24) is 0 Å². The summed E-state index contributed by atoms with van der Waals surface area (Å²) in [5.41, 5.74) is 8.12. The van der Waals surface area contributed by atoms with Crippen molar-refractivity contribution in [3.8, 4) is 0 Å². The molecule has 1 aromatic carbocycles. The lowest BCUT2D eigenvalue weighted by atomic mass is 9.99.